The number of hydrogen-bond donors (Lipinski definition) is 1. The lowest BCUT2D eigenvalue weighted by Gasteiger charge is -2.22. The van der Waals surface area contributed by atoms with Gasteiger partial charge in [-0.05, 0) is 31.5 Å². The Kier molecular flexibility index (Phi) is 4.77. The summed E-state index contributed by atoms with van der Waals surface area (Å²) in [5, 5.41) is 3.39. The molecule has 0 spiro atoms. The Balaban J connectivity index is 1.95. The molecule has 1 aliphatic rings. The van der Waals surface area contributed by atoms with E-state index < -0.39 is 0 Å². The molecular formula is C14H22N2S. The van der Waals surface area contributed by atoms with Gasteiger partial charge in [0.1, 0.15) is 0 Å². The molecule has 1 aromatic heterocycles. The van der Waals surface area contributed by atoms with Crippen LogP contribution in [0, 0.1) is 6.92 Å². The van der Waals surface area contributed by atoms with Gasteiger partial charge in [-0.1, -0.05) is 19.1 Å². The Bertz CT molecular complexity index is 382. The summed E-state index contributed by atoms with van der Waals surface area (Å²) in [4.78, 5) is 5.46. The molecule has 17 heavy (non-hydrogen) atoms. The van der Waals surface area contributed by atoms with Crippen LogP contribution >= 0.6 is 11.3 Å². The quantitative estimate of drug-likeness (QED) is 0.808. The molecule has 94 valence electrons. The van der Waals surface area contributed by atoms with Gasteiger partial charge >= 0.3 is 0 Å². The molecule has 0 amide bonds. The van der Waals surface area contributed by atoms with Crippen molar-refractivity contribution in [2.75, 3.05) is 19.6 Å². The van der Waals surface area contributed by atoms with Gasteiger partial charge < -0.3 is 5.32 Å². The molecule has 2 nitrogen and oxygen atoms in total. The third-order valence-corrected chi connectivity index (χ3v) is 4.25. The highest BCUT2D eigenvalue weighted by molar-refractivity contribution is 7.12. The number of hydrogen-bond acceptors (Lipinski definition) is 3. The minimum Gasteiger partial charge on any atom is -0.312 e. The van der Waals surface area contributed by atoms with Crippen LogP contribution in [0.5, 0.6) is 0 Å². The van der Waals surface area contributed by atoms with Gasteiger partial charge in [0.15, 0.2) is 0 Å². The maximum Gasteiger partial charge on any atom is 0.0299 e. The first-order valence-corrected chi connectivity index (χ1v) is 7.27. The molecule has 0 aromatic carbocycles. The number of aryl methyl sites for hydroxylation is 1. The van der Waals surface area contributed by atoms with Crippen LogP contribution in [0.2, 0.25) is 0 Å². The monoisotopic (exact) mass is 250 g/mol. The van der Waals surface area contributed by atoms with Crippen molar-refractivity contribution in [1.29, 1.82) is 0 Å². The fraction of sp³-hybridized carbons (Fsp3) is 0.571. The van der Waals surface area contributed by atoms with Crippen molar-refractivity contribution in [3.05, 3.63) is 33.5 Å². The third-order valence-electron chi connectivity index (χ3n) is 3.16. The van der Waals surface area contributed by atoms with Gasteiger partial charge in [-0.3, -0.25) is 4.90 Å². The lowest BCUT2D eigenvalue weighted by molar-refractivity contribution is 0.290. The molecule has 0 aliphatic carbocycles. The van der Waals surface area contributed by atoms with Gasteiger partial charge in [0.25, 0.3) is 0 Å². The van der Waals surface area contributed by atoms with E-state index in [4.69, 9.17) is 0 Å². The summed E-state index contributed by atoms with van der Waals surface area (Å²) in [5.74, 6) is 0. The molecule has 0 radical (unpaired) electrons. The SMILES string of the molecule is CCNCc1cc(CN2CC=CCC2)c(C)s1. The van der Waals surface area contributed by atoms with Crippen LogP contribution in [0.15, 0.2) is 18.2 Å². The van der Waals surface area contributed by atoms with E-state index in [1.54, 1.807) is 0 Å². The molecule has 0 unspecified atom stereocenters. The Morgan fingerprint density at radius 1 is 1.41 bits per heavy atom. The summed E-state index contributed by atoms with van der Waals surface area (Å²) in [6.07, 6.45) is 5.77. The maximum absolute atomic E-state index is 3.39. The highest BCUT2D eigenvalue weighted by atomic mass is 32.1. The van der Waals surface area contributed by atoms with E-state index in [1.165, 1.54) is 28.3 Å². The van der Waals surface area contributed by atoms with Crippen LogP contribution < -0.4 is 5.32 Å². The summed E-state index contributed by atoms with van der Waals surface area (Å²) >= 11 is 1.94. The van der Waals surface area contributed by atoms with Crippen LogP contribution in [0.25, 0.3) is 0 Å². The summed E-state index contributed by atoms with van der Waals surface area (Å²) in [6, 6.07) is 2.38. The van der Waals surface area contributed by atoms with Crippen molar-refractivity contribution in [1.82, 2.24) is 10.2 Å². The van der Waals surface area contributed by atoms with E-state index in [0.717, 1.165) is 26.2 Å². The molecule has 1 aliphatic heterocycles. The van der Waals surface area contributed by atoms with Crippen molar-refractivity contribution < 1.29 is 0 Å². The summed E-state index contributed by atoms with van der Waals surface area (Å²) in [7, 11) is 0. The molecule has 3 heteroatoms. The van der Waals surface area contributed by atoms with Crippen molar-refractivity contribution in [2.24, 2.45) is 0 Å². The first-order chi connectivity index (χ1) is 8.29. The van der Waals surface area contributed by atoms with Crippen LogP contribution in [0.1, 0.15) is 28.7 Å². The van der Waals surface area contributed by atoms with Crippen LogP contribution in [-0.4, -0.2) is 24.5 Å². The number of thiophene rings is 1. The van der Waals surface area contributed by atoms with Gasteiger partial charge in [-0.25, -0.2) is 0 Å². The average Bonchev–Trinajstić information content (AvgIpc) is 2.69. The predicted octanol–water partition coefficient (Wildman–Crippen LogP) is 2.93. The lowest BCUT2D eigenvalue weighted by atomic mass is 10.2. The molecule has 1 N–H and O–H groups in total. The zero-order valence-electron chi connectivity index (χ0n) is 10.8. The van der Waals surface area contributed by atoms with E-state index in [0.29, 0.717) is 0 Å². The van der Waals surface area contributed by atoms with E-state index in [2.05, 4.69) is 42.3 Å². The highest BCUT2D eigenvalue weighted by Gasteiger charge is 2.11. The van der Waals surface area contributed by atoms with Gasteiger partial charge in [0.2, 0.25) is 0 Å². The van der Waals surface area contributed by atoms with Crippen LogP contribution in [0.4, 0.5) is 0 Å². The van der Waals surface area contributed by atoms with E-state index >= 15 is 0 Å². The fourth-order valence-electron chi connectivity index (χ4n) is 2.15. The summed E-state index contributed by atoms with van der Waals surface area (Å²) in [5.41, 5.74) is 1.51. The number of nitrogens with one attached hydrogen (secondary N) is 1. The zero-order valence-corrected chi connectivity index (χ0v) is 11.6. The average molecular weight is 250 g/mol. The first-order valence-electron chi connectivity index (χ1n) is 6.46. The normalized spacial score (nSPS) is 16.6. The molecule has 0 bridgehead atoms. The Morgan fingerprint density at radius 2 is 2.29 bits per heavy atom. The zero-order chi connectivity index (χ0) is 12.1. The smallest absolute Gasteiger partial charge is 0.0299 e. The minimum absolute atomic E-state index is 1.02. The van der Waals surface area contributed by atoms with E-state index in [1.807, 2.05) is 11.3 Å². The Labute approximate surface area is 108 Å². The lowest BCUT2D eigenvalue weighted by Crippen LogP contribution is -2.26. The van der Waals surface area contributed by atoms with Crippen molar-refractivity contribution in [2.45, 2.75) is 33.4 Å². The second-order valence-corrected chi connectivity index (χ2v) is 5.91. The van der Waals surface area contributed by atoms with E-state index in [-0.39, 0.29) is 0 Å². The Morgan fingerprint density at radius 3 is 3.00 bits per heavy atom. The van der Waals surface area contributed by atoms with Gasteiger partial charge in [0.05, 0.1) is 0 Å². The summed E-state index contributed by atoms with van der Waals surface area (Å²) in [6.45, 7) is 9.88. The number of rotatable bonds is 5. The molecule has 0 saturated heterocycles. The van der Waals surface area contributed by atoms with Crippen molar-refractivity contribution in [3.63, 3.8) is 0 Å². The fourth-order valence-corrected chi connectivity index (χ4v) is 3.18. The molecule has 1 aromatic rings. The molecule has 0 atom stereocenters. The molecule has 2 heterocycles. The molecular weight excluding hydrogens is 228 g/mol. The van der Waals surface area contributed by atoms with Crippen molar-refractivity contribution in [3.8, 4) is 0 Å². The predicted molar refractivity (Wildman–Crippen MR) is 75.5 cm³/mol. The van der Waals surface area contributed by atoms with Gasteiger partial charge in [-0.2, -0.15) is 0 Å². The topological polar surface area (TPSA) is 15.3 Å². The van der Waals surface area contributed by atoms with Crippen LogP contribution in [0.3, 0.4) is 0 Å². The second-order valence-electron chi connectivity index (χ2n) is 4.57. The molecule has 0 saturated carbocycles. The third kappa shape index (κ3) is 3.66. The Hall–Kier alpha value is -0.640. The maximum atomic E-state index is 3.39. The number of nitrogens with zero attached hydrogens (tertiary/aromatic N) is 1. The van der Waals surface area contributed by atoms with Gasteiger partial charge in [0, 0.05) is 35.9 Å². The molecule has 2 rings (SSSR count). The molecule has 0 fully saturated rings. The van der Waals surface area contributed by atoms with Crippen molar-refractivity contribution >= 4 is 11.3 Å². The minimum atomic E-state index is 1.02. The standard InChI is InChI=1S/C14H22N2S/c1-3-15-10-14-9-13(12(2)17-14)11-16-7-5-4-6-8-16/h4-5,9,15H,3,6-8,10-11H2,1-2H3. The van der Waals surface area contributed by atoms with Crippen LogP contribution in [-0.2, 0) is 13.1 Å². The van der Waals surface area contributed by atoms with Gasteiger partial charge in [-0.15, -0.1) is 11.3 Å². The van der Waals surface area contributed by atoms with E-state index in [9.17, 15) is 0 Å². The second kappa shape index (κ2) is 6.34. The first kappa shape index (κ1) is 12.8. The summed E-state index contributed by atoms with van der Waals surface area (Å²) < 4.78 is 0. The highest BCUT2D eigenvalue weighted by Crippen LogP contribution is 2.23. The largest absolute Gasteiger partial charge is 0.312 e.